The molecule has 1 aromatic heterocycles. The second-order valence-electron chi connectivity index (χ2n) is 6.98. The third-order valence-electron chi connectivity index (χ3n) is 5.20. The highest BCUT2D eigenvalue weighted by Gasteiger charge is 2.27. The van der Waals surface area contributed by atoms with Crippen molar-refractivity contribution >= 4 is 22.9 Å². The van der Waals surface area contributed by atoms with Gasteiger partial charge < -0.3 is 15.2 Å². The standard InChI is InChI=1S/C21H24N4O/c1-15(16-7-3-2-4-8-16)22-20(26)17-11-13-25(14-12-17)21-23-18-9-5-6-10-19(18)24-21/h2-10,15,17H,11-14H2,1H3,(H,22,26)(H,23,24). The SMILES string of the molecule is CC(NC(=O)C1CCN(c2nc3ccccc3[nH]2)CC1)c1ccccc1. The number of aromatic nitrogens is 2. The Morgan fingerprint density at radius 1 is 1.12 bits per heavy atom. The second-order valence-corrected chi connectivity index (χ2v) is 6.98. The van der Waals surface area contributed by atoms with Crippen LogP contribution in [0.15, 0.2) is 54.6 Å². The van der Waals surface area contributed by atoms with E-state index in [1.54, 1.807) is 0 Å². The van der Waals surface area contributed by atoms with E-state index in [0.717, 1.165) is 48.5 Å². The normalized spacial score (nSPS) is 16.6. The van der Waals surface area contributed by atoms with Crippen LogP contribution in [0.25, 0.3) is 11.0 Å². The Morgan fingerprint density at radius 2 is 1.81 bits per heavy atom. The minimum absolute atomic E-state index is 0.0390. The van der Waals surface area contributed by atoms with E-state index in [1.807, 2.05) is 49.4 Å². The Bertz CT molecular complexity index is 848. The number of fused-ring (bicyclic) bond motifs is 1. The molecule has 1 aliphatic rings. The maximum atomic E-state index is 12.6. The zero-order valence-corrected chi connectivity index (χ0v) is 15.0. The lowest BCUT2D eigenvalue weighted by Crippen LogP contribution is -2.41. The lowest BCUT2D eigenvalue weighted by atomic mass is 9.95. The quantitative estimate of drug-likeness (QED) is 0.756. The number of H-pyrrole nitrogens is 1. The Kier molecular flexibility index (Phi) is 4.61. The van der Waals surface area contributed by atoms with Gasteiger partial charge in [-0.1, -0.05) is 42.5 Å². The summed E-state index contributed by atoms with van der Waals surface area (Å²) in [5, 5.41) is 3.16. The number of amides is 1. The van der Waals surface area contributed by atoms with Crippen LogP contribution in [-0.4, -0.2) is 29.0 Å². The van der Waals surface area contributed by atoms with Crippen molar-refractivity contribution in [2.75, 3.05) is 18.0 Å². The van der Waals surface area contributed by atoms with Crippen LogP contribution in [0.1, 0.15) is 31.4 Å². The number of nitrogens with one attached hydrogen (secondary N) is 2. The minimum Gasteiger partial charge on any atom is -0.349 e. The van der Waals surface area contributed by atoms with Gasteiger partial charge in [0.15, 0.2) is 0 Å². The fraction of sp³-hybridized carbons (Fsp3) is 0.333. The molecule has 0 radical (unpaired) electrons. The Morgan fingerprint density at radius 3 is 2.54 bits per heavy atom. The van der Waals surface area contributed by atoms with E-state index < -0.39 is 0 Å². The topological polar surface area (TPSA) is 61.0 Å². The highest BCUT2D eigenvalue weighted by Crippen LogP contribution is 2.24. The molecule has 2 heterocycles. The number of rotatable bonds is 4. The molecule has 1 atom stereocenters. The van der Waals surface area contributed by atoms with Gasteiger partial charge in [-0.05, 0) is 37.5 Å². The first-order valence-corrected chi connectivity index (χ1v) is 9.26. The number of anilines is 1. The van der Waals surface area contributed by atoms with E-state index in [9.17, 15) is 4.79 Å². The third kappa shape index (κ3) is 3.43. The minimum atomic E-state index is 0.0390. The lowest BCUT2D eigenvalue weighted by molar-refractivity contribution is -0.126. The summed E-state index contributed by atoms with van der Waals surface area (Å²) >= 11 is 0. The summed E-state index contributed by atoms with van der Waals surface area (Å²) < 4.78 is 0. The molecular formula is C21H24N4O. The van der Waals surface area contributed by atoms with Crippen LogP contribution < -0.4 is 10.2 Å². The highest BCUT2D eigenvalue weighted by molar-refractivity contribution is 5.80. The molecule has 5 heteroatoms. The number of aromatic amines is 1. The molecule has 1 amide bonds. The zero-order chi connectivity index (χ0) is 17.9. The third-order valence-corrected chi connectivity index (χ3v) is 5.20. The van der Waals surface area contributed by atoms with Gasteiger partial charge in [0.05, 0.1) is 17.1 Å². The molecule has 3 aromatic rings. The Hall–Kier alpha value is -2.82. The zero-order valence-electron chi connectivity index (χ0n) is 15.0. The predicted molar refractivity (Wildman–Crippen MR) is 104 cm³/mol. The van der Waals surface area contributed by atoms with E-state index in [0.29, 0.717) is 0 Å². The number of hydrogen-bond donors (Lipinski definition) is 2. The van der Waals surface area contributed by atoms with E-state index in [4.69, 9.17) is 0 Å². The largest absolute Gasteiger partial charge is 0.349 e. The molecular weight excluding hydrogens is 324 g/mol. The molecule has 1 unspecified atom stereocenters. The number of benzene rings is 2. The second kappa shape index (κ2) is 7.20. The van der Waals surface area contributed by atoms with Crippen molar-refractivity contribution in [3.05, 3.63) is 60.2 Å². The molecule has 1 saturated heterocycles. The maximum Gasteiger partial charge on any atom is 0.223 e. The first-order valence-electron chi connectivity index (χ1n) is 9.26. The van der Waals surface area contributed by atoms with Gasteiger partial charge in [-0.15, -0.1) is 0 Å². The summed E-state index contributed by atoms with van der Waals surface area (Å²) in [5.41, 5.74) is 3.18. The fourth-order valence-corrected chi connectivity index (χ4v) is 3.60. The van der Waals surface area contributed by atoms with Crippen molar-refractivity contribution in [2.24, 2.45) is 5.92 Å². The lowest BCUT2D eigenvalue weighted by Gasteiger charge is -2.31. The molecule has 0 spiro atoms. The number of carbonyl (C=O) groups excluding carboxylic acids is 1. The van der Waals surface area contributed by atoms with Crippen molar-refractivity contribution < 1.29 is 4.79 Å². The van der Waals surface area contributed by atoms with Crippen LogP contribution in [0.3, 0.4) is 0 Å². The molecule has 1 aliphatic heterocycles. The molecule has 4 rings (SSSR count). The van der Waals surface area contributed by atoms with E-state index in [-0.39, 0.29) is 17.9 Å². The number of para-hydroxylation sites is 2. The molecule has 5 nitrogen and oxygen atoms in total. The van der Waals surface area contributed by atoms with Gasteiger partial charge in [0, 0.05) is 19.0 Å². The molecule has 26 heavy (non-hydrogen) atoms. The summed E-state index contributed by atoms with van der Waals surface area (Å²) in [6.45, 7) is 3.73. The summed E-state index contributed by atoms with van der Waals surface area (Å²) in [5.74, 6) is 1.13. The van der Waals surface area contributed by atoms with E-state index in [2.05, 4.69) is 32.3 Å². The average Bonchev–Trinajstić information content (AvgIpc) is 3.13. The molecule has 134 valence electrons. The molecule has 1 fully saturated rings. The summed E-state index contributed by atoms with van der Waals surface area (Å²) in [6.07, 6.45) is 1.70. The van der Waals surface area contributed by atoms with Crippen molar-refractivity contribution in [2.45, 2.75) is 25.8 Å². The van der Waals surface area contributed by atoms with Crippen LogP contribution in [0.2, 0.25) is 0 Å². The van der Waals surface area contributed by atoms with Gasteiger partial charge in [-0.25, -0.2) is 4.98 Å². The molecule has 2 aromatic carbocycles. The Balaban J connectivity index is 1.35. The van der Waals surface area contributed by atoms with E-state index in [1.165, 1.54) is 0 Å². The van der Waals surface area contributed by atoms with Crippen LogP contribution in [0.5, 0.6) is 0 Å². The van der Waals surface area contributed by atoms with Crippen LogP contribution in [0.4, 0.5) is 5.95 Å². The van der Waals surface area contributed by atoms with Crippen molar-refractivity contribution in [3.8, 4) is 0 Å². The smallest absolute Gasteiger partial charge is 0.223 e. The van der Waals surface area contributed by atoms with Gasteiger partial charge in [-0.2, -0.15) is 0 Å². The summed E-state index contributed by atoms with van der Waals surface area (Å²) in [4.78, 5) is 22.9. The maximum absolute atomic E-state index is 12.6. The monoisotopic (exact) mass is 348 g/mol. The van der Waals surface area contributed by atoms with Gasteiger partial charge >= 0.3 is 0 Å². The van der Waals surface area contributed by atoms with E-state index >= 15 is 0 Å². The Labute approximate surface area is 153 Å². The first-order chi connectivity index (χ1) is 12.7. The van der Waals surface area contributed by atoms with Crippen molar-refractivity contribution in [1.29, 1.82) is 0 Å². The molecule has 0 aliphatic carbocycles. The summed E-state index contributed by atoms with van der Waals surface area (Å²) in [7, 11) is 0. The van der Waals surface area contributed by atoms with Gasteiger partial charge in [0.2, 0.25) is 11.9 Å². The predicted octanol–water partition coefficient (Wildman–Crippen LogP) is 3.66. The van der Waals surface area contributed by atoms with Crippen molar-refractivity contribution in [1.82, 2.24) is 15.3 Å². The van der Waals surface area contributed by atoms with Gasteiger partial charge in [0.25, 0.3) is 0 Å². The number of piperidine rings is 1. The van der Waals surface area contributed by atoms with Gasteiger partial charge in [-0.3, -0.25) is 4.79 Å². The number of carbonyl (C=O) groups is 1. The fourth-order valence-electron chi connectivity index (χ4n) is 3.60. The van der Waals surface area contributed by atoms with Crippen LogP contribution in [-0.2, 0) is 4.79 Å². The first kappa shape index (κ1) is 16.6. The van der Waals surface area contributed by atoms with Crippen molar-refractivity contribution in [3.63, 3.8) is 0 Å². The molecule has 2 N–H and O–H groups in total. The van der Waals surface area contributed by atoms with Crippen LogP contribution >= 0.6 is 0 Å². The number of nitrogens with zero attached hydrogens (tertiary/aromatic N) is 2. The van der Waals surface area contributed by atoms with Crippen LogP contribution in [0, 0.1) is 5.92 Å². The summed E-state index contributed by atoms with van der Waals surface area (Å²) in [6, 6.07) is 18.2. The highest BCUT2D eigenvalue weighted by atomic mass is 16.1. The number of hydrogen-bond acceptors (Lipinski definition) is 3. The number of imidazole rings is 1. The molecule has 0 bridgehead atoms. The van der Waals surface area contributed by atoms with Gasteiger partial charge in [0.1, 0.15) is 0 Å². The molecule has 0 saturated carbocycles. The average molecular weight is 348 g/mol.